The van der Waals surface area contributed by atoms with E-state index in [-0.39, 0.29) is 10.8 Å². The van der Waals surface area contributed by atoms with Crippen molar-refractivity contribution < 1.29 is 0 Å². The molecule has 52 heavy (non-hydrogen) atoms. The topological polar surface area (TPSA) is 0 Å². The van der Waals surface area contributed by atoms with Gasteiger partial charge in [0, 0.05) is 0 Å². The molecule has 256 valence electrons. The molecule has 6 aromatic carbocycles. The van der Waals surface area contributed by atoms with E-state index in [4.69, 9.17) is 0 Å². The fourth-order valence-corrected chi connectivity index (χ4v) is 8.33. The van der Waals surface area contributed by atoms with Gasteiger partial charge in [-0.2, -0.15) is 0 Å². The van der Waals surface area contributed by atoms with E-state index in [9.17, 15) is 0 Å². The van der Waals surface area contributed by atoms with Crippen LogP contribution in [0.1, 0.15) is 75.8 Å². The first-order valence-electron chi connectivity index (χ1n) is 18.8. The van der Waals surface area contributed by atoms with E-state index in [1.165, 1.54) is 88.4 Å². The van der Waals surface area contributed by atoms with Gasteiger partial charge in [-0.05, 0) is 130 Å². The summed E-state index contributed by atoms with van der Waals surface area (Å²) in [5.74, 6) is 0. The van der Waals surface area contributed by atoms with Crippen molar-refractivity contribution in [3.8, 4) is 33.4 Å². The molecule has 0 saturated carbocycles. The highest BCUT2D eigenvalue weighted by molar-refractivity contribution is 6.00. The number of allylic oxidation sites excluding steroid dienone is 4. The summed E-state index contributed by atoms with van der Waals surface area (Å²) in [6.07, 6.45) is 8.67. The van der Waals surface area contributed by atoms with Gasteiger partial charge < -0.3 is 0 Å². The average Bonchev–Trinajstić information content (AvgIpc) is 3.79. The third-order valence-electron chi connectivity index (χ3n) is 10.8. The minimum atomic E-state index is -0.114. The second kappa shape index (κ2) is 13.3. The van der Waals surface area contributed by atoms with Gasteiger partial charge in [-0.25, -0.2) is 0 Å². The Hall–Kier alpha value is -5.46. The van der Waals surface area contributed by atoms with Crippen molar-refractivity contribution in [2.24, 2.45) is 0 Å². The van der Waals surface area contributed by atoms with Crippen LogP contribution in [0.25, 0.3) is 44.5 Å². The van der Waals surface area contributed by atoms with Crippen molar-refractivity contribution in [1.29, 1.82) is 0 Å². The number of hydrogen-bond donors (Lipinski definition) is 0. The lowest BCUT2D eigenvalue weighted by Crippen LogP contribution is -2.36. The van der Waals surface area contributed by atoms with Crippen molar-refractivity contribution in [3.05, 3.63) is 202 Å². The molecule has 0 saturated heterocycles. The predicted molar refractivity (Wildman–Crippen MR) is 223 cm³/mol. The van der Waals surface area contributed by atoms with Crippen molar-refractivity contribution in [2.45, 2.75) is 65.2 Å². The minimum absolute atomic E-state index is 0.0500. The van der Waals surface area contributed by atoms with Crippen LogP contribution >= 0.6 is 0 Å². The summed E-state index contributed by atoms with van der Waals surface area (Å²) in [7, 11) is 0. The fourth-order valence-electron chi connectivity index (χ4n) is 8.33. The van der Waals surface area contributed by atoms with Gasteiger partial charge in [0.1, 0.15) is 0 Å². The number of benzene rings is 6. The van der Waals surface area contributed by atoms with Crippen LogP contribution in [0.3, 0.4) is 0 Å². The first kappa shape index (κ1) is 33.7. The van der Waals surface area contributed by atoms with Gasteiger partial charge in [0.05, 0.1) is 0 Å². The lowest BCUT2D eigenvalue weighted by atomic mass is 9.77. The Labute approximate surface area is 310 Å². The minimum Gasteiger partial charge on any atom is -0.0801 e. The molecular weight excluding hydrogens is 625 g/mol. The van der Waals surface area contributed by atoms with Crippen LogP contribution < -0.4 is 10.4 Å². The standard InChI is InChI=1S/C52H48/c1-51(2,3)45-33-42-43(32-40(45)36-23-13-8-14-24-36)47(38-29-19-20-30-38)50-44(42)34-46(52(4,5)6)48(39-27-17-10-18-28-39)49(50)41(37-25-15-9-16-26-37)31-35-21-11-7-12-22-35/h7-29,32-34H,30-31H2,1-6H3. The Morgan fingerprint density at radius 3 is 1.67 bits per heavy atom. The van der Waals surface area contributed by atoms with Crippen LogP contribution in [0.4, 0.5) is 0 Å². The summed E-state index contributed by atoms with van der Waals surface area (Å²) in [6.45, 7) is 14.2. The predicted octanol–water partition coefficient (Wildman–Crippen LogP) is 12.1. The zero-order valence-electron chi connectivity index (χ0n) is 31.4. The summed E-state index contributed by atoms with van der Waals surface area (Å²) in [4.78, 5) is 0. The van der Waals surface area contributed by atoms with E-state index in [0.29, 0.717) is 0 Å². The Bertz CT molecular complexity index is 2460. The molecule has 6 aromatic rings. The van der Waals surface area contributed by atoms with E-state index in [2.05, 4.69) is 199 Å². The molecule has 0 N–H and O–H groups in total. The molecule has 0 aliphatic heterocycles. The van der Waals surface area contributed by atoms with Crippen LogP contribution in [0.2, 0.25) is 0 Å². The van der Waals surface area contributed by atoms with Crippen LogP contribution in [0, 0.1) is 0 Å². The van der Waals surface area contributed by atoms with Crippen LogP contribution in [-0.2, 0) is 17.3 Å². The highest BCUT2D eigenvalue weighted by atomic mass is 14.4. The zero-order chi connectivity index (χ0) is 36.0. The highest BCUT2D eigenvalue weighted by Gasteiger charge is 2.32. The largest absolute Gasteiger partial charge is 0.0801 e. The quantitative estimate of drug-likeness (QED) is 0.165. The van der Waals surface area contributed by atoms with Gasteiger partial charge >= 0.3 is 0 Å². The van der Waals surface area contributed by atoms with Crippen molar-refractivity contribution >= 4 is 11.1 Å². The molecule has 0 fully saturated rings. The lowest BCUT2D eigenvalue weighted by molar-refractivity contribution is 0.590. The molecule has 2 aliphatic rings. The maximum atomic E-state index is 2.57. The molecule has 0 unspecified atom stereocenters. The third kappa shape index (κ3) is 6.11. The second-order valence-corrected chi connectivity index (χ2v) is 16.5. The van der Waals surface area contributed by atoms with E-state index in [1.807, 2.05) is 0 Å². The molecule has 0 nitrogen and oxygen atoms in total. The van der Waals surface area contributed by atoms with Gasteiger partial charge in [-0.1, -0.05) is 181 Å². The third-order valence-corrected chi connectivity index (χ3v) is 10.8. The Kier molecular flexibility index (Phi) is 8.59. The van der Waals surface area contributed by atoms with Crippen molar-refractivity contribution in [2.75, 3.05) is 0 Å². The molecular formula is C52H48. The molecule has 0 spiro atoms. The van der Waals surface area contributed by atoms with E-state index >= 15 is 0 Å². The smallest absolute Gasteiger partial charge is 0.00134 e. The number of fused-ring (bicyclic) bond motifs is 3. The molecule has 2 aliphatic carbocycles. The summed E-state index contributed by atoms with van der Waals surface area (Å²) >= 11 is 0. The van der Waals surface area contributed by atoms with Crippen molar-refractivity contribution in [1.82, 2.24) is 0 Å². The van der Waals surface area contributed by atoms with Gasteiger partial charge in [-0.3, -0.25) is 0 Å². The van der Waals surface area contributed by atoms with Crippen molar-refractivity contribution in [3.63, 3.8) is 0 Å². The summed E-state index contributed by atoms with van der Waals surface area (Å²) < 4.78 is 0. The number of rotatable bonds is 6. The SMILES string of the molecule is CC(C)(C)c1cc2c(cc1-c1ccccc1)C(C1=CC=CC1)=c1c-2cc(C(C)(C)C)c(-c2ccccc2)c1=C(Cc1ccccc1)c1ccccc1. The van der Waals surface area contributed by atoms with E-state index in [1.54, 1.807) is 0 Å². The summed E-state index contributed by atoms with van der Waals surface area (Å²) in [5, 5.41) is 2.73. The molecule has 0 heterocycles. The average molecular weight is 673 g/mol. The normalized spacial score (nSPS) is 14.3. The molecule has 0 heteroatoms. The monoisotopic (exact) mass is 672 g/mol. The van der Waals surface area contributed by atoms with Gasteiger partial charge in [0.25, 0.3) is 0 Å². The number of hydrogen-bond acceptors (Lipinski definition) is 0. The molecule has 0 bridgehead atoms. The lowest BCUT2D eigenvalue weighted by Gasteiger charge is -2.27. The first-order chi connectivity index (χ1) is 25.1. The highest BCUT2D eigenvalue weighted by Crippen LogP contribution is 2.46. The Morgan fingerprint density at radius 2 is 1.10 bits per heavy atom. The molecule has 0 aromatic heterocycles. The molecule has 0 amide bonds. The van der Waals surface area contributed by atoms with Crippen LogP contribution in [0.15, 0.2) is 163 Å². The molecule has 8 rings (SSSR count). The van der Waals surface area contributed by atoms with E-state index < -0.39 is 0 Å². The Morgan fingerprint density at radius 1 is 0.538 bits per heavy atom. The van der Waals surface area contributed by atoms with Gasteiger partial charge in [-0.15, -0.1) is 0 Å². The fraction of sp³-hybridized carbons (Fsp3) is 0.192. The van der Waals surface area contributed by atoms with Gasteiger partial charge in [0.2, 0.25) is 0 Å². The van der Waals surface area contributed by atoms with E-state index in [0.717, 1.165) is 12.8 Å². The molecule has 0 atom stereocenters. The maximum absolute atomic E-state index is 2.57. The van der Waals surface area contributed by atoms with Crippen LogP contribution in [-0.4, -0.2) is 0 Å². The first-order valence-corrected chi connectivity index (χ1v) is 18.8. The maximum Gasteiger partial charge on any atom is -0.00134 e. The van der Waals surface area contributed by atoms with Crippen LogP contribution in [0.5, 0.6) is 0 Å². The second-order valence-electron chi connectivity index (χ2n) is 16.5. The molecule has 0 radical (unpaired) electrons. The summed E-state index contributed by atoms with van der Waals surface area (Å²) in [5.41, 5.74) is 18.6. The van der Waals surface area contributed by atoms with Gasteiger partial charge in [0.15, 0.2) is 0 Å². The Balaban J connectivity index is 1.65. The zero-order valence-corrected chi connectivity index (χ0v) is 31.4. The summed E-state index contributed by atoms with van der Waals surface area (Å²) in [6, 6.07) is 52.0.